The van der Waals surface area contributed by atoms with Gasteiger partial charge in [0.2, 0.25) is 17.7 Å². The maximum atomic E-state index is 12.9. The van der Waals surface area contributed by atoms with Crippen LogP contribution >= 0.6 is 11.8 Å². The second-order valence-electron chi connectivity index (χ2n) is 8.19. The number of carbonyl (C=O) groups excluding carboxylic acids is 3. The van der Waals surface area contributed by atoms with Gasteiger partial charge in [0, 0.05) is 6.54 Å². The van der Waals surface area contributed by atoms with Gasteiger partial charge in [-0.25, -0.2) is 4.79 Å². The first kappa shape index (κ1) is 31.4. The van der Waals surface area contributed by atoms with Crippen molar-refractivity contribution in [1.29, 1.82) is 0 Å². The molecule has 13 nitrogen and oxygen atoms in total. The molecule has 0 aromatic rings. The Hall–Kier alpha value is -2.58. The molecule has 14 heteroatoms. The van der Waals surface area contributed by atoms with E-state index in [2.05, 4.69) is 20.9 Å². The quantitative estimate of drug-likeness (QED) is 0.0634. The summed E-state index contributed by atoms with van der Waals surface area (Å²) in [4.78, 5) is 53.2. The molecule has 0 saturated heterocycles. The van der Waals surface area contributed by atoms with E-state index < -0.39 is 59.9 Å². The number of amides is 3. The number of rotatable bonds is 16. The van der Waals surface area contributed by atoms with Crippen molar-refractivity contribution in [2.75, 3.05) is 18.6 Å². The highest BCUT2D eigenvalue weighted by Crippen LogP contribution is 2.08. The molecule has 11 N–H and O–H groups in total. The van der Waals surface area contributed by atoms with Crippen LogP contribution in [0.15, 0.2) is 4.99 Å². The van der Waals surface area contributed by atoms with Gasteiger partial charge in [-0.05, 0) is 44.1 Å². The van der Waals surface area contributed by atoms with E-state index in [-0.39, 0.29) is 12.4 Å². The van der Waals surface area contributed by atoms with Crippen molar-refractivity contribution < 1.29 is 29.4 Å². The van der Waals surface area contributed by atoms with Gasteiger partial charge in [-0.3, -0.25) is 19.4 Å². The van der Waals surface area contributed by atoms with Gasteiger partial charge in [-0.15, -0.1) is 0 Å². The number of aliphatic hydroxyl groups excluding tert-OH is 1. The van der Waals surface area contributed by atoms with Crippen LogP contribution in [-0.2, 0) is 19.2 Å². The van der Waals surface area contributed by atoms with Crippen LogP contribution in [0.2, 0.25) is 0 Å². The lowest BCUT2D eigenvalue weighted by Gasteiger charge is -2.27. The minimum Gasteiger partial charge on any atom is -0.480 e. The molecule has 0 heterocycles. The fraction of sp³-hybridized carbons (Fsp3) is 0.750. The Labute approximate surface area is 204 Å². The van der Waals surface area contributed by atoms with Gasteiger partial charge in [-0.1, -0.05) is 13.8 Å². The van der Waals surface area contributed by atoms with E-state index in [0.717, 1.165) is 0 Å². The molecule has 0 saturated carbocycles. The fourth-order valence-electron chi connectivity index (χ4n) is 2.85. The molecule has 0 bridgehead atoms. The molecule has 0 aliphatic heterocycles. The average molecular weight is 506 g/mol. The molecule has 5 atom stereocenters. The molecular weight excluding hydrogens is 466 g/mol. The molecule has 0 aliphatic carbocycles. The Balaban J connectivity index is 5.27. The number of carboxylic acids is 1. The Bertz CT molecular complexity index is 716. The molecule has 0 rings (SSSR count). The second-order valence-corrected chi connectivity index (χ2v) is 9.18. The smallest absolute Gasteiger partial charge is 0.328 e. The summed E-state index contributed by atoms with van der Waals surface area (Å²) >= 11 is 1.48. The number of nitrogens with two attached hydrogens (primary N) is 3. The maximum Gasteiger partial charge on any atom is 0.328 e. The average Bonchev–Trinajstić information content (AvgIpc) is 2.74. The number of hydrogen-bond donors (Lipinski definition) is 8. The highest BCUT2D eigenvalue weighted by Gasteiger charge is 2.33. The standard InChI is InChI=1S/C20H39N7O6S/c1-10(2)14(18(31)27-15(11(3)28)19(32)33)26-17(30)13(7-9-34-4)25-16(29)12(21)6-5-8-24-20(22)23/h10-15,28H,5-9,21H2,1-4H3,(H,25,29)(H,26,30)(H,27,31)(H,32,33)(H4,22,23,24). The summed E-state index contributed by atoms with van der Waals surface area (Å²) in [5, 5.41) is 26.2. The molecule has 5 unspecified atom stereocenters. The second kappa shape index (κ2) is 16.1. The van der Waals surface area contributed by atoms with Crippen molar-refractivity contribution in [3.8, 4) is 0 Å². The molecule has 0 aromatic heterocycles. The molecule has 0 aromatic carbocycles. The molecule has 3 amide bonds. The molecule has 196 valence electrons. The summed E-state index contributed by atoms with van der Waals surface area (Å²) in [6.07, 6.45) is 1.56. The fourth-order valence-corrected chi connectivity index (χ4v) is 3.33. The van der Waals surface area contributed by atoms with Crippen LogP contribution in [0.1, 0.15) is 40.0 Å². The van der Waals surface area contributed by atoms with E-state index in [1.54, 1.807) is 13.8 Å². The molecule has 34 heavy (non-hydrogen) atoms. The SMILES string of the molecule is CSCCC(NC(=O)C(N)CCCN=C(N)N)C(=O)NC(C(=O)NC(C(=O)O)C(C)O)C(C)C. The Morgan fingerprint density at radius 3 is 2.00 bits per heavy atom. The number of nitrogens with zero attached hydrogens (tertiary/aromatic N) is 1. The lowest BCUT2D eigenvalue weighted by molar-refractivity contribution is -0.145. The maximum absolute atomic E-state index is 12.9. The van der Waals surface area contributed by atoms with E-state index in [1.807, 2.05) is 6.26 Å². The summed E-state index contributed by atoms with van der Waals surface area (Å²) in [6.45, 7) is 4.89. The normalized spacial score (nSPS) is 15.4. The zero-order valence-electron chi connectivity index (χ0n) is 20.1. The molecule has 0 radical (unpaired) electrons. The van der Waals surface area contributed by atoms with Gasteiger partial charge in [0.25, 0.3) is 0 Å². The Kier molecular flexibility index (Phi) is 14.9. The predicted molar refractivity (Wildman–Crippen MR) is 131 cm³/mol. The third-order valence-corrected chi connectivity index (χ3v) is 5.49. The predicted octanol–water partition coefficient (Wildman–Crippen LogP) is -2.30. The third kappa shape index (κ3) is 12.0. The monoisotopic (exact) mass is 505 g/mol. The van der Waals surface area contributed by atoms with Crippen molar-refractivity contribution in [2.24, 2.45) is 28.1 Å². The van der Waals surface area contributed by atoms with Gasteiger partial charge in [-0.2, -0.15) is 11.8 Å². The van der Waals surface area contributed by atoms with Crippen molar-refractivity contribution in [3.63, 3.8) is 0 Å². The van der Waals surface area contributed by atoms with Gasteiger partial charge < -0.3 is 43.4 Å². The lowest BCUT2D eigenvalue weighted by atomic mass is 10.0. The number of nitrogens with one attached hydrogen (secondary N) is 3. The van der Waals surface area contributed by atoms with Crippen molar-refractivity contribution in [1.82, 2.24) is 16.0 Å². The van der Waals surface area contributed by atoms with Gasteiger partial charge in [0.1, 0.15) is 12.1 Å². The number of thioether (sulfide) groups is 1. The summed E-state index contributed by atoms with van der Waals surface area (Å²) in [7, 11) is 0. The van der Waals surface area contributed by atoms with E-state index in [9.17, 15) is 29.4 Å². The minimum absolute atomic E-state index is 0.0568. The third-order valence-electron chi connectivity index (χ3n) is 4.84. The number of aliphatic carboxylic acids is 1. The van der Waals surface area contributed by atoms with Gasteiger partial charge in [0.15, 0.2) is 12.0 Å². The van der Waals surface area contributed by atoms with Crippen LogP contribution < -0.4 is 33.2 Å². The summed E-state index contributed by atoms with van der Waals surface area (Å²) < 4.78 is 0. The highest BCUT2D eigenvalue weighted by atomic mass is 32.2. The van der Waals surface area contributed by atoms with Crippen molar-refractivity contribution in [3.05, 3.63) is 0 Å². The van der Waals surface area contributed by atoms with Crippen LogP contribution in [0.3, 0.4) is 0 Å². The van der Waals surface area contributed by atoms with Crippen LogP contribution in [0.4, 0.5) is 0 Å². The van der Waals surface area contributed by atoms with Crippen LogP contribution in [0, 0.1) is 5.92 Å². The summed E-state index contributed by atoms with van der Waals surface area (Å²) in [5.41, 5.74) is 16.4. The topological polar surface area (TPSA) is 235 Å². The first-order valence-electron chi connectivity index (χ1n) is 10.9. The Morgan fingerprint density at radius 2 is 1.53 bits per heavy atom. The molecular formula is C20H39N7O6S. The summed E-state index contributed by atoms with van der Waals surface area (Å²) in [5.74, 6) is -3.20. The number of carbonyl (C=O) groups is 4. The molecule has 0 spiro atoms. The Morgan fingerprint density at radius 1 is 0.941 bits per heavy atom. The van der Waals surface area contributed by atoms with E-state index >= 15 is 0 Å². The minimum atomic E-state index is -1.53. The number of hydrogen-bond acceptors (Lipinski definition) is 8. The first-order valence-corrected chi connectivity index (χ1v) is 12.3. The van der Waals surface area contributed by atoms with E-state index in [1.165, 1.54) is 18.7 Å². The molecule has 0 fully saturated rings. The van der Waals surface area contributed by atoms with Crippen molar-refractivity contribution >= 4 is 41.4 Å². The van der Waals surface area contributed by atoms with Crippen LogP contribution in [-0.4, -0.2) is 88.7 Å². The van der Waals surface area contributed by atoms with E-state index in [4.69, 9.17) is 17.2 Å². The number of aliphatic hydroxyl groups is 1. The molecule has 0 aliphatic rings. The van der Waals surface area contributed by atoms with Crippen LogP contribution in [0.25, 0.3) is 0 Å². The zero-order chi connectivity index (χ0) is 26.4. The van der Waals surface area contributed by atoms with E-state index in [0.29, 0.717) is 25.1 Å². The summed E-state index contributed by atoms with van der Waals surface area (Å²) in [6, 6.07) is -4.46. The first-order chi connectivity index (χ1) is 15.8. The number of guanidine groups is 1. The zero-order valence-corrected chi connectivity index (χ0v) is 20.9. The lowest BCUT2D eigenvalue weighted by Crippen LogP contribution is -2.59. The number of carboxylic acid groups (broad SMARTS) is 1. The van der Waals surface area contributed by atoms with Gasteiger partial charge >= 0.3 is 5.97 Å². The van der Waals surface area contributed by atoms with Crippen molar-refractivity contribution in [2.45, 2.75) is 70.3 Å². The van der Waals surface area contributed by atoms with Gasteiger partial charge in [0.05, 0.1) is 12.1 Å². The largest absolute Gasteiger partial charge is 0.480 e. The number of aliphatic imine (C=N–C) groups is 1. The highest BCUT2D eigenvalue weighted by molar-refractivity contribution is 7.98. The van der Waals surface area contributed by atoms with Crippen LogP contribution in [0.5, 0.6) is 0 Å².